The third-order valence-electron chi connectivity index (χ3n) is 2.29. The molecule has 3 rings (SSSR count). The molecule has 3 heterocycles. The Kier molecular flexibility index (Phi) is 2.82. The third-order valence-corrected chi connectivity index (χ3v) is 5.54. The van der Waals surface area contributed by atoms with Gasteiger partial charge in [-0.15, -0.1) is 34.0 Å². The van der Waals surface area contributed by atoms with E-state index >= 15 is 0 Å². The van der Waals surface area contributed by atoms with Crippen molar-refractivity contribution in [1.29, 1.82) is 0 Å². The molecule has 0 aliphatic carbocycles. The van der Waals surface area contributed by atoms with Gasteiger partial charge >= 0.3 is 0 Å². The molecule has 0 saturated heterocycles. The molecule has 5 heteroatoms. The molecule has 0 unspecified atom stereocenters. The second-order valence-electron chi connectivity index (χ2n) is 3.72. The van der Waals surface area contributed by atoms with Crippen molar-refractivity contribution in [2.45, 2.75) is 13.8 Å². The number of aromatic nitrogens is 2. The lowest BCUT2D eigenvalue weighted by Crippen LogP contribution is -1.68. The highest BCUT2D eigenvalue weighted by Crippen LogP contribution is 2.36. The van der Waals surface area contributed by atoms with E-state index in [2.05, 4.69) is 35.9 Å². The number of nitrogens with zero attached hydrogens (tertiary/aromatic N) is 2. The van der Waals surface area contributed by atoms with Crippen molar-refractivity contribution in [3.05, 3.63) is 34.3 Å². The van der Waals surface area contributed by atoms with E-state index in [1.54, 1.807) is 22.7 Å². The SMILES string of the molecule is Cc1ccc(-c2cnc(-c3ncc(C)s3)s2)s1. The predicted molar refractivity (Wildman–Crippen MR) is 76.0 cm³/mol. The van der Waals surface area contributed by atoms with E-state index in [0.717, 1.165) is 10.0 Å². The van der Waals surface area contributed by atoms with Crippen LogP contribution in [0.5, 0.6) is 0 Å². The molecule has 0 fully saturated rings. The average molecular weight is 278 g/mol. The van der Waals surface area contributed by atoms with Crippen molar-refractivity contribution in [2.24, 2.45) is 0 Å². The van der Waals surface area contributed by atoms with Gasteiger partial charge in [-0.05, 0) is 26.0 Å². The van der Waals surface area contributed by atoms with Crippen molar-refractivity contribution in [3.63, 3.8) is 0 Å². The maximum atomic E-state index is 4.46. The Morgan fingerprint density at radius 3 is 2.18 bits per heavy atom. The highest BCUT2D eigenvalue weighted by atomic mass is 32.1. The summed E-state index contributed by atoms with van der Waals surface area (Å²) in [6.45, 7) is 4.19. The van der Waals surface area contributed by atoms with Crippen LogP contribution >= 0.6 is 34.0 Å². The van der Waals surface area contributed by atoms with Gasteiger partial charge in [-0.1, -0.05) is 0 Å². The van der Waals surface area contributed by atoms with Crippen LogP contribution in [0.2, 0.25) is 0 Å². The normalized spacial score (nSPS) is 10.9. The van der Waals surface area contributed by atoms with Crippen molar-refractivity contribution in [3.8, 4) is 19.8 Å². The summed E-state index contributed by atoms with van der Waals surface area (Å²) in [5.74, 6) is 0. The third kappa shape index (κ3) is 2.18. The predicted octanol–water partition coefficient (Wildman–Crippen LogP) is 4.61. The van der Waals surface area contributed by atoms with Gasteiger partial charge in [-0.3, -0.25) is 0 Å². The smallest absolute Gasteiger partial charge is 0.152 e. The molecule has 0 spiro atoms. The zero-order valence-corrected chi connectivity index (χ0v) is 11.9. The van der Waals surface area contributed by atoms with Crippen LogP contribution in [-0.4, -0.2) is 9.97 Å². The largest absolute Gasteiger partial charge is 0.242 e. The molecule has 0 N–H and O–H groups in total. The first-order chi connectivity index (χ1) is 8.22. The van der Waals surface area contributed by atoms with E-state index in [1.165, 1.54) is 19.5 Å². The number of rotatable bonds is 2. The summed E-state index contributed by atoms with van der Waals surface area (Å²) in [5.41, 5.74) is 0. The zero-order chi connectivity index (χ0) is 11.8. The number of aryl methyl sites for hydroxylation is 2. The molecule has 0 atom stereocenters. The first-order valence-corrected chi connectivity index (χ1v) is 7.63. The van der Waals surface area contributed by atoms with Crippen molar-refractivity contribution in [2.75, 3.05) is 0 Å². The lowest BCUT2D eigenvalue weighted by molar-refractivity contribution is 1.34. The molecule has 17 heavy (non-hydrogen) atoms. The molecule has 0 aromatic carbocycles. The molecule has 2 nitrogen and oxygen atoms in total. The highest BCUT2D eigenvalue weighted by molar-refractivity contribution is 7.25. The second-order valence-corrected chi connectivity index (χ2v) is 7.27. The van der Waals surface area contributed by atoms with E-state index in [9.17, 15) is 0 Å². The van der Waals surface area contributed by atoms with E-state index < -0.39 is 0 Å². The minimum Gasteiger partial charge on any atom is -0.242 e. The van der Waals surface area contributed by atoms with Gasteiger partial charge in [0.05, 0.1) is 4.88 Å². The molecule has 86 valence electrons. The van der Waals surface area contributed by atoms with Gasteiger partial charge in [-0.2, -0.15) is 0 Å². The Morgan fingerprint density at radius 1 is 0.765 bits per heavy atom. The number of thiophene rings is 1. The minimum atomic E-state index is 1.02. The summed E-state index contributed by atoms with van der Waals surface area (Å²) in [6, 6.07) is 4.30. The Hall–Kier alpha value is -1.04. The topological polar surface area (TPSA) is 25.8 Å². The molecule has 0 aliphatic heterocycles. The maximum Gasteiger partial charge on any atom is 0.152 e. The molecular weight excluding hydrogens is 268 g/mol. The summed E-state index contributed by atoms with van der Waals surface area (Å²) < 4.78 is 0. The van der Waals surface area contributed by atoms with E-state index in [-0.39, 0.29) is 0 Å². The van der Waals surface area contributed by atoms with Gasteiger partial charge in [0.15, 0.2) is 10.0 Å². The van der Waals surface area contributed by atoms with Crippen molar-refractivity contribution >= 4 is 34.0 Å². The van der Waals surface area contributed by atoms with E-state index in [0.29, 0.717) is 0 Å². The minimum absolute atomic E-state index is 1.02. The van der Waals surface area contributed by atoms with Crippen LogP contribution in [0, 0.1) is 13.8 Å². The monoisotopic (exact) mass is 278 g/mol. The summed E-state index contributed by atoms with van der Waals surface area (Å²) in [7, 11) is 0. The van der Waals surface area contributed by atoms with Gasteiger partial charge in [-0.25, -0.2) is 9.97 Å². The number of hydrogen-bond donors (Lipinski definition) is 0. The number of thiazole rings is 2. The van der Waals surface area contributed by atoms with Gasteiger partial charge in [0.2, 0.25) is 0 Å². The van der Waals surface area contributed by atoms with Crippen LogP contribution in [0.4, 0.5) is 0 Å². The Balaban J connectivity index is 1.98. The van der Waals surface area contributed by atoms with Crippen molar-refractivity contribution < 1.29 is 0 Å². The first-order valence-electron chi connectivity index (χ1n) is 5.18. The molecule has 0 bridgehead atoms. The van der Waals surface area contributed by atoms with E-state index in [1.807, 2.05) is 23.7 Å². The fourth-order valence-corrected chi connectivity index (χ4v) is 4.16. The first kappa shape index (κ1) is 11.1. The molecule has 0 radical (unpaired) electrons. The Bertz CT molecular complexity index is 593. The van der Waals surface area contributed by atoms with Gasteiger partial charge in [0, 0.05) is 27.0 Å². The van der Waals surface area contributed by atoms with Gasteiger partial charge < -0.3 is 0 Å². The molecule has 3 aromatic heterocycles. The summed E-state index contributed by atoms with van der Waals surface area (Å²) in [6.07, 6.45) is 3.85. The Morgan fingerprint density at radius 2 is 1.53 bits per heavy atom. The molecular formula is C12H10N2S3. The van der Waals surface area contributed by atoms with Crippen LogP contribution in [-0.2, 0) is 0 Å². The molecule has 0 amide bonds. The second kappa shape index (κ2) is 4.33. The highest BCUT2D eigenvalue weighted by Gasteiger charge is 2.10. The average Bonchev–Trinajstić information content (AvgIpc) is 2.96. The summed E-state index contributed by atoms with van der Waals surface area (Å²) in [5, 5.41) is 2.04. The van der Waals surface area contributed by atoms with Gasteiger partial charge in [0.1, 0.15) is 0 Å². The standard InChI is InChI=1S/C12H10N2S3/c1-7-3-4-9(15-7)10-6-14-12(17-10)11-13-5-8(2)16-11/h3-6H,1-2H3. The van der Waals surface area contributed by atoms with Crippen LogP contribution in [0.1, 0.15) is 9.75 Å². The molecule has 0 saturated carbocycles. The molecule has 0 aliphatic rings. The van der Waals surface area contributed by atoms with Gasteiger partial charge in [0.25, 0.3) is 0 Å². The maximum absolute atomic E-state index is 4.46. The summed E-state index contributed by atoms with van der Waals surface area (Å²) in [4.78, 5) is 13.9. The van der Waals surface area contributed by atoms with E-state index in [4.69, 9.17) is 0 Å². The fourth-order valence-electron chi connectivity index (χ4n) is 1.51. The van der Waals surface area contributed by atoms with Crippen LogP contribution < -0.4 is 0 Å². The summed E-state index contributed by atoms with van der Waals surface area (Å²) >= 11 is 5.22. The lowest BCUT2D eigenvalue weighted by atomic mass is 10.4. The zero-order valence-electron chi connectivity index (χ0n) is 9.43. The molecule has 3 aromatic rings. The lowest BCUT2D eigenvalue weighted by Gasteiger charge is -1.87. The quantitative estimate of drug-likeness (QED) is 0.684. The van der Waals surface area contributed by atoms with Crippen LogP contribution in [0.15, 0.2) is 24.5 Å². The fraction of sp³-hybridized carbons (Fsp3) is 0.167. The number of hydrogen-bond acceptors (Lipinski definition) is 5. The van der Waals surface area contributed by atoms with Crippen LogP contribution in [0.25, 0.3) is 19.8 Å². The van der Waals surface area contributed by atoms with Crippen LogP contribution in [0.3, 0.4) is 0 Å². The van der Waals surface area contributed by atoms with Crippen molar-refractivity contribution in [1.82, 2.24) is 9.97 Å². The Labute approximate surface area is 112 Å².